The number of nitrogen functional groups attached to an aromatic ring is 1. The molecule has 1 aliphatic rings. The number of benzene rings is 1. The van der Waals surface area contributed by atoms with Crippen molar-refractivity contribution in [1.82, 2.24) is 4.98 Å². The predicted octanol–water partition coefficient (Wildman–Crippen LogP) is 4.34. The third kappa shape index (κ3) is 3.74. The van der Waals surface area contributed by atoms with Gasteiger partial charge in [-0.25, -0.2) is 9.78 Å². The van der Waals surface area contributed by atoms with Gasteiger partial charge < -0.3 is 15.8 Å². The number of nitrogens with one attached hydrogen (secondary N) is 2. The van der Waals surface area contributed by atoms with Gasteiger partial charge in [0.25, 0.3) is 0 Å². The first-order valence-electron chi connectivity index (χ1n) is 9.05. The van der Waals surface area contributed by atoms with Crippen LogP contribution >= 0.6 is 0 Å². The minimum absolute atomic E-state index is 0.217. The van der Waals surface area contributed by atoms with Crippen LogP contribution in [0.3, 0.4) is 0 Å². The Morgan fingerprint density at radius 2 is 2.12 bits per heavy atom. The standard InChI is InChI=1S/C20H26N4O2/c1-4-26-20(25)23-16-10-11-17(24-19(16)21)22-15-7-5-6-14-9-8-12(2)13(3)18(14)15/h8-11,15H,4-7H2,1-3H3,(H,23,25)(H3,21,22,24). The van der Waals surface area contributed by atoms with Gasteiger partial charge in [-0.3, -0.25) is 5.32 Å². The Bertz CT molecular complexity index is 820. The van der Waals surface area contributed by atoms with Crippen molar-refractivity contribution in [3.8, 4) is 0 Å². The smallest absolute Gasteiger partial charge is 0.411 e. The fourth-order valence-corrected chi connectivity index (χ4v) is 3.50. The van der Waals surface area contributed by atoms with Crippen molar-refractivity contribution in [3.63, 3.8) is 0 Å². The van der Waals surface area contributed by atoms with Gasteiger partial charge in [0.05, 0.1) is 18.3 Å². The molecule has 2 aromatic rings. The van der Waals surface area contributed by atoms with Gasteiger partial charge in [-0.15, -0.1) is 0 Å². The average molecular weight is 354 g/mol. The highest BCUT2D eigenvalue weighted by atomic mass is 16.5. The molecule has 1 atom stereocenters. The molecule has 138 valence electrons. The van der Waals surface area contributed by atoms with Gasteiger partial charge in [0.15, 0.2) is 0 Å². The Morgan fingerprint density at radius 3 is 2.85 bits per heavy atom. The number of amides is 1. The number of carbonyl (C=O) groups excluding carboxylic acids is 1. The van der Waals surface area contributed by atoms with Crippen LogP contribution in [0, 0.1) is 13.8 Å². The van der Waals surface area contributed by atoms with E-state index < -0.39 is 6.09 Å². The summed E-state index contributed by atoms with van der Waals surface area (Å²) in [4.78, 5) is 15.9. The Hall–Kier alpha value is -2.76. The molecule has 1 amide bonds. The SMILES string of the molecule is CCOC(=O)Nc1ccc(NC2CCCc3ccc(C)c(C)c32)nc1N. The average Bonchev–Trinajstić information content (AvgIpc) is 2.61. The molecule has 0 saturated carbocycles. The summed E-state index contributed by atoms with van der Waals surface area (Å²) >= 11 is 0. The fraction of sp³-hybridized carbons (Fsp3) is 0.400. The maximum Gasteiger partial charge on any atom is 0.411 e. The van der Waals surface area contributed by atoms with Crippen molar-refractivity contribution in [2.24, 2.45) is 0 Å². The van der Waals surface area contributed by atoms with Gasteiger partial charge in [-0.2, -0.15) is 0 Å². The lowest BCUT2D eigenvalue weighted by Gasteiger charge is -2.29. The van der Waals surface area contributed by atoms with Crippen LogP contribution < -0.4 is 16.4 Å². The van der Waals surface area contributed by atoms with E-state index in [1.807, 2.05) is 6.07 Å². The number of carbonyl (C=O) groups is 1. The van der Waals surface area contributed by atoms with E-state index in [2.05, 4.69) is 41.6 Å². The highest BCUT2D eigenvalue weighted by molar-refractivity contribution is 5.88. The lowest BCUT2D eigenvalue weighted by molar-refractivity contribution is 0.168. The lowest BCUT2D eigenvalue weighted by atomic mass is 9.83. The second kappa shape index (κ2) is 7.64. The van der Waals surface area contributed by atoms with Crippen molar-refractivity contribution in [1.29, 1.82) is 0 Å². The third-order valence-electron chi connectivity index (χ3n) is 4.92. The quantitative estimate of drug-likeness (QED) is 0.760. The van der Waals surface area contributed by atoms with Crippen molar-refractivity contribution in [2.45, 2.75) is 46.1 Å². The molecule has 0 aliphatic heterocycles. The normalized spacial score (nSPS) is 15.9. The maximum atomic E-state index is 11.5. The first-order chi connectivity index (χ1) is 12.5. The predicted molar refractivity (Wildman–Crippen MR) is 105 cm³/mol. The number of nitrogens with two attached hydrogens (primary N) is 1. The Labute approximate surface area is 154 Å². The number of hydrogen-bond donors (Lipinski definition) is 3. The zero-order valence-corrected chi connectivity index (χ0v) is 15.6. The van der Waals surface area contributed by atoms with Crippen LogP contribution in [-0.2, 0) is 11.2 Å². The first kappa shape index (κ1) is 18.0. The van der Waals surface area contributed by atoms with E-state index in [0.717, 1.165) is 19.3 Å². The van der Waals surface area contributed by atoms with Gasteiger partial charge in [-0.05, 0) is 74.4 Å². The summed E-state index contributed by atoms with van der Waals surface area (Å²) in [5.74, 6) is 0.968. The third-order valence-corrected chi connectivity index (χ3v) is 4.92. The summed E-state index contributed by atoms with van der Waals surface area (Å²) in [7, 11) is 0. The molecule has 1 unspecified atom stereocenters. The summed E-state index contributed by atoms with van der Waals surface area (Å²) < 4.78 is 4.87. The molecule has 4 N–H and O–H groups in total. The number of anilines is 3. The Morgan fingerprint density at radius 1 is 1.31 bits per heavy atom. The summed E-state index contributed by atoms with van der Waals surface area (Å²) in [6.45, 7) is 6.38. The topological polar surface area (TPSA) is 89.3 Å². The molecular formula is C20H26N4O2. The molecule has 1 aromatic heterocycles. The number of aromatic nitrogens is 1. The monoisotopic (exact) mass is 354 g/mol. The molecule has 1 aliphatic carbocycles. The van der Waals surface area contributed by atoms with Gasteiger partial charge in [-0.1, -0.05) is 12.1 Å². The number of hydrogen-bond acceptors (Lipinski definition) is 5. The molecule has 0 saturated heterocycles. The van der Waals surface area contributed by atoms with E-state index in [1.165, 1.54) is 22.3 Å². The summed E-state index contributed by atoms with van der Waals surface area (Å²) in [5, 5.41) is 6.11. The number of pyridine rings is 1. The van der Waals surface area contributed by atoms with Gasteiger partial charge >= 0.3 is 6.09 Å². The van der Waals surface area contributed by atoms with Crippen molar-refractivity contribution >= 4 is 23.4 Å². The van der Waals surface area contributed by atoms with Crippen LogP contribution in [0.1, 0.15) is 48.1 Å². The van der Waals surface area contributed by atoms with Gasteiger partial charge in [0.2, 0.25) is 0 Å². The number of nitrogens with zero attached hydrogens (tertiary/aromatic N) is 1. The van der Waals surface area contributed by atoms with E-state index in [9.17, 15) is 4.79 Å². The van der Waals surface area contributed by atoms with E-state index in [0.29, 0.717) is 18.1 Å². The zero-order chi connectivity index (χ0) is 18.7. The van der Waals surface area contributed by atoms with Crippen LogP contribution in [0.5, 0.6) is 0 Å². The first-order valence-corrected chi connectivity index (χ1v) is 9.05. The van der Waals surface area contributed by atoms with Crippen LogP contribution in [0.2, 0.25) is 0 Å². The molecule has 0 fully saturated rings. The molecule has 26 heavy (non-hydrogen) atoms. The molecule has 0 spiro atoms. The number of ether oxygens (including phenoxy) is 1. The number of aryl methyl sites for hydroxylation is 2. The second-order valence-corrected chi connectivity index (χ2v) is 6.64. The fourth-order valence-electron chi connectivity index (χ4n) is 3.50. The molecule has 1 aromatic carbocycles. The highest BCUT2D eigenvalue weighted by Crippen LogP contribution is 2.36. The van der Waals surface area contributed by atoms with Crippen LogP contribution in [0.15, 0.2) is 24.3 Å². The number of fused-ring (bicyclic) bond motifs is 1. The lowest BCUT2D eigenvalue weighted by Crippen LogP contribution is -2.20. The largest absolute Gasteiger partial charge is 0.450 e. The molecule has 6 heteroatoms. The van der Waals surface area contributed by atoms with E-state index in [4.69, 9.17) is 10.5 Å². The molecular weight excluding hydrogens is 328 g/mol. The van der Waals surface area contributed by atoms with Gasteiger partial charge in [0.1, 0.15) is 11.6 Å². The van der Waals surface area contributed by atoms with E-state index >= 15 is 0 Å². The van der Waals surface area contributed by atoms with Crippen LogP contribution in [0.4, 0.5) is 22.1 Å². The van der Waals surface area contributed by atoms with E-state index in [-0.39, 0.29) is 11.9 Å². The van der Waals surface area contributed by atoms with Crippen LogP contribution in [-0.4, -0.2) is 17.7 Å². The summed E-state index contributed by atoms with van der Waals surface area (Å²) in [5.41, 5.74) is 11.9. The maximum absolute atomic E-state index is 11.5. The molecule has 1 heterocycles. The van der Waals surface area contributed by atoms with Crippen molar-refractivity contribution in [3.05, 3.63) is 46.5 Å². The van der Waals surface area contributed by atoms with Gasteiger partial charge in [0, 0.05) is 0 Å². The molecule has 0 radical (unpaired) electrons. The minimum Gasteiger partial charge on any atom is -0.450 e. The minimum atomic E-state index is -0.533. The molecule has 3 rings (SSSR count). The molecule has 6 nitrogen and oxygen atoms in total. The van der Waals surface area contributed by atoms with E-state index in [1.54, 1.807) is 13.0 Å². The van der Waals surface area contributed by atoms with Crippen LogP contribution in [0.25, 0.3) is 0 Å². The Kier molecular flexibility index (Phi) is 5.30. The Balaban J connectivity index is 1.80. The summed E-state index contributed by atoms with van der Waals surface area (Å²) in [6, 6.07) is 8.23. The second-order valence-electron chi connectivity index (χ2n) is 6.64. The zero-order valence-electron chi connectivity index (χ0n) is 15.6. The molecule has 0 bridgehead atoms. The van der Waals surface area contributed by atoms with Crippen molar-refractivity contribution < 1.29 is 9.53 Å². The number of rotatable bonds is 4. The van der Waals surface area contributed by atoms with Crippen molar-refractivity contribution in [2.75, 3.05) is 23.0 Å². The highest BCUT2D eigenvalue weighted by Gasteiger charge is 2.23. The summed E-state index contributed by atoms with van der Waals surface area (Å²) in [6.07, 6.45) is 2.79.